The summed E-state index contributed by atoms with van der Waals surface area (Å²) in [5.74, 6) is -0.926. The third-order valence-corrected chi connectivity index (χ3v) is 2.31. The number of nitrogens with zero attached hydrogens (tertiary/aromatic N) is 1. The van der Waals surface area contributed by atoms with Gasteiger partial charge in [0.2, 0.25) is 0 Å². The molecular formula is C13H20N2O4. The third-order valence-electron chi connectivity index (χ3n) is 2.31. The van der Waals surface area contributed by atoms with Gasteiger partial charge in [-0.3, -0.25) is 4.98 Å². The van der Waals surface area contributed by atoms with E-state index in [-0.39, 0.29) is 23.5 Å². The average Bonchev–Trinajstić information content (AvgIpc) is 2.33. The Morgan fingerprint density at radius 1 is 1.53 bits per heavy atom. The molecule has 106 valence electrons. The second-order valence-electron chi connectivity index (χ2n) is 5.27. The number of aromatic carboxylic acids is 1. The molecule has 1 aromatic rings. The molecule has 0 fully saturated rings. The Morgan fingerprint density at radius 3 is 2.79 bits per heavy atom. The van der Waals surface area contributed by atoms with Crippen molar-refractivity contribution < 1.29 is 19.7 Å². The van der Waals surface area contributed by atoms with Crippen LogP contribution >= 0.6 is 0 Å². The van der Waals surface area contributed by atoms with Crippen LogP contribution in [0.1, 0.15) is 31.1 Å². The Bertz CT molecular complexity index is 429. The van der Waals surface area contributed by atoms with E-state index < -0.39 is 12.1 Å². The molecule has 1 rings (SSSR count). The highest BCUT2D eigenvalue weighted by atomic mass is 16.5. The smallest absolute Gasteiger partial charge is 0.339 e. The molecule has 19 heavy (non-hydrogen) atoms. The zero-order chi connectivity index (χ0) is 14.5. The number of nitrogens with one attached hydrogen (secondary N) is 1. The van der Waals surface area contributed by atoms with Crippen LogP contribution in [0.15, 0.2) is 18.5 Å². The lowest BCUT2D eigenvalue weighted by Gasteiger charge is -2.23. The molecule has 0 saturated carbocycles. The van der Waals surface area contributed by atoms with E-state index in [0.717, 1.165) is 0 Å². The van der Waals surface area contributed by atoms with E-state index in [9.17, 15) is 9.90 Å². The van der Waals surface area contributed by atoms with E-state index in [4.69, 9.17) is 9.84 Å². The first-order valence-electron chi connectivity index (χ1n) is 6.03. The van der Waals surface area contributed by atoms with Gasteiger partial charge in [0.1, 0.15) is 18.3 Å². The zero-order valence-corrected chi connectivity index (χ0v) is 11.4. The highest BCUT2D eigenvalue weighted by Gasteiger charge is 2.15. The van der Waals surface area contributed by atoms with Crippen LogP contribution in [0.2, 0.25) is 0 Å². The van der Waals surface area contributed by atoms with Crippen molar-refractivity contribution in [1.29, 1.82) is 0 Å². The maximum atomic E-state index is 10.9. The SMILES string of the molecule is CC(C)(C)NCC(O)COc1cnccc1C(=O)O. The van der Waals surface area contributed by atoms with Crippen LogP contribution in [0.3, 0.4) is 0 Å². The first kappa shape index (κ1) is 15.4. The molecule has 3 N–H and O–H groups in total. The summed E-state index contributed by atoms with van der Waals surface area (Å²) in [7, 11) is 0. The van der Waals surface area contributed by atoms with Gasteiger partial charge in [0.05, 0.1) is 6.20 Å². The van der Waals surface area contributed by atoms with E-state index in [1.807, 2.05) is 20.8 Å². The van der Waals surface area contributed by atoms with E-state index >= 15 is 0 Å². The maximum absolute atomic E-state index is 10.9. The van der Waals surface area contributed by atoms with E-state index in [2.05, 4.69) is 10.3 Å². The Morgan fingerprint density at radius 2 is 2.21 bits per heavy atom. The molecule has 1 unspecified atom stereocenters. The number of carboxylic acid groups (broad SMARTS) is 1. The second-order valence-corrected chi connectivity index (χ2v) is 5.27. The van der Waals surface area contributed by atoms with Crippen LogP contribution in [0, 0.1) is 0 Å². The van der Waals surface area contributed by atoms with Gasteiger partial charge in [-0.05, 0) is 26.8 Å². The summed E-state index contributed by atoms with van der Waals surface area (Å²) in [6, 6.07) is 1.36. The first-order valence-corrected chi connectivity index (χ1v) is 6.03. The van der Waals surface area contributed by atoms with E-state index in [1.54, 1.807) is 0 Å². The molecule has 0 aliphatic heterocycles. The van der Waals surface area contributed by atoms with Gasteiger partial charge in [-0.1, -0.05) is 0 Å². The van der Waals surface area contributed by atoms with Crippen molar-refractivity contribution in [3.63, 3.8) is 0 Å². The minimum absolute atomic E-state index is 0.00898. The lowest BCUT2D eigenvalue weighted by Crippen LogP contribution is -2.42. The molecule has 0 spiro atoms. The molecular weight excluding hydrogens is 248 g/mol. The molecule has 1 aromatic heterocycles. The van der Waals surface area contributed by atoms with Crippen LogP contribution in [-0.4, -0.2) is 46.0 Å². The predicted molar refractivity (Wildman–Crippen MR) is 70.5 cm³/mol. The Kier molecular flexibility index (Phi) is 5.26. The van der Waals surface area contributed by atoms with Gasteiger partial charge in [-0.15, -0.1) is 0 Å². The summed E-state index contributed by atoms with van der Waals surface area (Å²) in [5, 5.41) is 21.8. The lowest BCUT2D eigenvalue weighted by molar-refractivity contribution is 0.0681. The summed E-state index contributed by atoms with van der Waals surface area (Å²) >= 11 is 0. The van der Waals surface area contributed by atoms with Crippen molar-refractivity contribution in [2.75, 3.05) is 13.2 Å². The standard InChI is InChI=1S/C13H20N2O4/c1-13(2,3)15-6-9(16)8-19-11-7-14-5-4-10(11)12(17)18/h4-5,7,9,15-16H,6,8H2,1-3H3,(H,17,18). The molecule has 6 nitrogen and oxygen atoms in total. The molecule has 0 aliphatic carbocycles. The summed E-state index contributed by atoms with van der Waals surface area (Å²) in [4.78, 5) is 14.7. The molecule has 0 bridgehead atoms. The number of aromatic nitrogens is 1. The Hall–Kier alpha value is -1.66. The minimum Gasteiger partial charge on any atom is -0.488 e. The number of hydrogen-bond acceptors (Lipinski definition) is 5. The van der Waals surface area contributed by atoms with Crippen LogP contribution in [0.25, 0.3) is 0 Å². The van der Waals surface area contributed by atoms with E-state index in [0.29, 0.717) is 6.54 Å². The summed E-state index contributed by atoms with van der Waals surface area (Å²) in [5.41, 5.74) is -0.0624. The lowest BCUT2D eigenvalue weighted by atomic mass is 10.1. The van der Waals surface area contributed by atoms with E-state index in [1.165, 1.54) is 18.5 Å². The van der Waals surface area contributed by atoms with Crippen LogP contribution in [0.4, 0.5) is 0 Å². The average molecular weight is 268 g/mol. The number of aliphatic hydroxyl groups excluding tert-OH is 1. The molecule has 0 aromatic carbocycles. The molecule has 0 aliphatic rings. The predicted octanol–water partition coefficient (Wildman–Crippen LogP) is 0.908. The Balaban J connectivity index is 2.51. The fourth-order valence-corrected chi connectivity index (χ4v) is 1.34. The van der Waals surface area contributed by atoms with Crippen LogP contribution in [-0.2, 0) is 0 Å². The summed E-state index contributed by atoms with van der Waals surface area (Å²) in [6.45, 7) is 6.35. The fourth-order valence-electron chi connectivity index (χ4n) is 1.34. The number of hydrogen-bond donors (Lipinski definition) is 3. The minimum atomic E-state index is -1.08. The number of pyridine rings is 1. The molecule has 1 heterocycles. The van der Waals surface area contributed by atoms with Crippen molar-refractivity contribution in [2.45, 2.75) is 32.4 Å². The topological polar surface area (TPSA) is 91.7 Å². The summed E-state index contributed by atoms with van der Waals surface area (Å²) < 4.78 is 5.29. The number of aliphatic hydroxyl groups is 1. The molecule has 6 heteroatoms. The summed E-state index contributed by atoms with van der Waals surface area (Å²) in [6.07, 6.45) is 1.99. The molecule has 0 amide bonds. The van der Waals surface area contributed by atoms with Crippen LogP contribution < -0.4 is 10.1 Å². The monoisotopic (exact) mass is 268 g/mol. The first-order chi connectivity index (χ1) is 8.79. The van der Waals surface area contributed by atoms with Crippen molar-refractivity contribution in [3.05, 3.63) is 24.0 Å². The second kappa shape index (κ2) is 6.49. The molecule has 1 atom stereocenters. The molecule has 0 saturated heterocycles. The van der Waals surface area contributed by atoms with Crippen molar-refractivity contribution in [1.82, 2.24) is 10.3 Å². The normalized spacial score (nSPS) is 13.1. The van der Waals surface area contributed by atoms with Crippen LogP contribution in [0.5, 0.6) is 5.75 Å². The van der Waals surface area contributed by atoms with Gasteiger partial charge in [-0.25, -0.2) is 4.79 Å². The van der Waals surface area contributed by atoms with Crippen molar-refractivity contribution in [3.8, 4) is 5.75 Å². The highest BCUT2D eigenvalue weighted by Crippen LogP contribution is 2.16. The van der Waals surface area contributed by atoms with Gasteiger partial charge < -0.3 is 20.3 Å². The van der Waals surface area contributed by atoms with Crippen molar-refractivity contribution >= 4 is 5.97 Å². The highest BCUT2D eigenvalue weighted by molar-refractivity contribution is 5.90. The fraction of sp³-hybridized carbons (Fsp3) is 0.538. The number of carbonyl (C=O) groups is 1. The molecule has 0 radical (unpaired) electrons. The van der Waals surface area contributed by atoms with Gasteiger partial charge in [0, 0.05) is 18.3 Å². The van der Waals surface area contributed by atoms with Crippen molar-refractivity contribution in [2.24, 2.45) is 0 Å². The quantitative estimate of drug-likeness (QED) is 0.710. The Labute approximate surface area is 112 Å². The van der Waals surface area contributed by atoms with Gasteiger partial charge in [-0.2, -0.15) is 0 Å². The maximum Gasteiger partial charge on any atom is 0.339 e. The number of β-amino-alcohol motifs (C(OH)–C–C–N with tert-alkyl or cyclic N) is 1. The van der Waals surface area contributed by atoms with Gasteiger partial charge in [0.25, 0.3) is 0 Å². The van der Waals surface area contributed by atoms with Gasteiger partial charge >= 0.3 is 5.97 Å². The number of carboxylic acids is 1. The number of rotatable bonds is 6. The third kappa shape index (κ3) is 5.67. The zero-order valence-electron chi connectivity index (χ0n) is 11.4. The largest absolute Gasteiger partial charge is 0.488 e. The number of ether oxygens (including phenoxy) is 1. The van der Waals surface area contributed by atoms with Gasteiger partial charge in [0.15, 0.2) is 5.75 Å².